The van der Waals surface area contributed by atoms with Crippen molar-refractivity contribution in [1.82, 2.24) is 5.27 Å². The first-order valence-electron chi connectivity index (χ1n) is 4.75. The Morgan fingerprint density at radius 2 is 2.25 bits per heavy atom. The quantitative estimate of drug-likeness (QED) is 0.544. The van der Waals surface area contributed by atoms with Crippen LogP contribution in [0.25, 0.3) is 5.69 Å². The molecule has 0 amide bonds. The van der Waals surface area contributed by atoms with Crippen LogP contribution in [0.4, 0.5) is 0 Å². The molecule has 0 spiro atoms. The molecule has 0 aliphatic heterocycles. The SMILES string of the molecule is CC(=O)c1ccc(-[n+]2cc([O-])on2)cc1C. The number of benzene rings is 1. The van der Waals surface area contributed by atoms with E-state index in [0.29, 0.717) is 11.3 Å². The second kappa shape index (κ2) is 3.77. The summed E-state index contributed by atoms with van der Waals surface area (Å²) in [5, 5.41) is 14.4. The van der Waals surface area contributed by atoms with Crippen LogP contribution in [-0.2, 0) is 0 Å². The fraction of sp³-hybridized carbons (Fsp3) is 0.182. The van der Waals surface area contributed by atoms with Crippen LogP contribution in [0.2, 0.25) is 0 Å². The van der Waals surface area contributed by atoms with Gasteiger partial charge < -0.3 is 9.63 Å². The van der Waals surface area contributed by atoms with Crippen molar-refractivity contribution in [2.24, 2.45) is 0 Å². The van der Waals surface area contributed by atoms with Crippen molar-refractivity contribution in [2.45, 2.75) is 13.8 Å². The van der Waals surface area contributed by atoms with E-state index in [1.54, 1.807) is 18.2 Å². The van der Waals surface area contributed by atoms with Gasteiger partial charge >= 0.3 is 0 Å². The smallest absolute Gasteiger partial charge is 0.239 e. The van der Waals surface area contributed by atoms with Crippen LogP contribution < -0.4 is 9.79 Å². The van der Waals surface area contributed by atoms with Crippen molar-refractivity contribution in [2.75, 3.05) is 0 Å². The summed E-state index contributed by atoms with van der Waals surface area (Å²) in [6, 6.07) is 5.20. The van der Waals surface area contributed by atoms with E-state index >= 15 is 0 Å². The van der Waals surface area contributed by atoms with Gasteiger partial charge in [-0.15, -0.1) is 0 Å². The molecule has 5 heteroatoms. The van der Waals surface area contributed by atoms with Crippen LogP contribution in [0.5, 0.6) is 5.95 Å². The van der Waals surface area contributed by atoms with E-state index in [4.69, 9.17) is 0 Å². The molecule has 0 unspecified atom stereocenters. The van der Waals surface area contributed by atoms with Crippen molar-refractivity contribution < 1.29 is 19.1 Å². The lowest BCUT2D eigenvalue weighted by molar-refractivity contribution is -0.670. The molecule has 0 bridgehead atoms. The van der Waals surface area contributed by atoms with E-state index in [0.717, 1.165) is 5.56 Å². The second-order valence-corrected chi connectivity index (χ2v) is 3.52. The first kappa shape index (κ1) is 10.4. The maximum atomic E-state index is 11.2. The fourth-order valence-electron chi connectivity index (χ4n) is 1.54. The van der Waals surface area contributed by atoms with Crippen LogP contribution in [0.15, 0.2) is 28.9 Å². The molecule has 1 aromatic heterocycles. The highest BCUT2D eigenvalue weighted by atomic mass is 16.6. The van der Waals surface area contributed by atoms with Crippen molar-refractivity contribution in [3.63, 3.8) is 0 Å². The fourth-order valence-corrected chi connectivity index (χ4v) is 1.54. The summed E-state index contributed by atoms with van der Waals surface area (Å²) >= 11 is 0. The van der Waals surface area contributed by atoms with Crippen molar-refractivity contribution in [1.29, 1.82) is 0 Å². The number of carbonyl (C=O) groups is 1. The number of hydrogen-bond donors (Lipinski definition) is 0. The molecule has 82 valence electrons. The first-order valence-corrected chi connectivity index (χ1v) is 4.75. The Balaban J connectivity index is 2.45. The third kappa shape index (κ3) is 1.79. The zero-order chi connectivity index (χ0) is 11.7. The third-order valence-electron chi connectivity index (χ3n) is 2.30. The highest BCUT2D eigenvalue weighted by Gasteiger charge is 2.12. The van der Waals surface area contributed by atoms with Gasteiger partial charge in [0, 0.05) is 17.7 Å². The predicted octanol–water partition coefficient (Wildman–Crippen LogP) is 0.536. The Kier molecular flexibility index (Phi) is 2.44. The molecule has 1 heterocycles. The zero-order valence-electron chi connectivity index (χ0n) is 8.93. The minimum atomic E-state index is -0.506. The molecule has 0 N–H and O–H groups in total. The third-order valence-corrected chi connectivity index (χ3v) is 2.30. The van der Waals surface area contributed by atoms with Crippen molar-refractivity contribution in [3.05, 3.63) is 35.5 Å². The molecule has 1 aromatic carbocycles. The van der Waals surface area contributed by atoms with Gasteiger partial charge in [-0.05, 0) is 30.2 Å². The molecular weight excluding hydrogens is 208 g/mol. The highest BCUT2D eigenvalue weighted by Crippen LogP contribution is 2.12. The van der Waals surface area contributed by atoms with E-state index in [9.17, 15) is 9.90 Å². The van der Waals surface area contributed by atoms with E-state index < -0.39 is 5.95 Å². The molecule has 0 saturated heterocycles. The Morgan fingerprint density at radius 3 is 2.75 bits per heavy atom. The van der Waals surface area contributed by atoms with E-state index in [1.807, 2.05) is 6.92 Å². The molecule has 0 fully saturated rings. The topological polar surface area (TPSA) is 70.0 Å². The number of aryl methyl sites for hydroxylation is 1. The normalized spacial score (nSPS) is 10.4. The van der Waals surface area contributed by atoms with Gasteiger partial charge in [-0.25, -0.2) is 0 Å². The summed E-state index contributed by atoms with van der Waals surface area (Å²) in [6.45, 7) is 3.35. The van der Waals surface area contributed by atoms with Crippen molar-refractivity contribution in [3.8, 4) is 11.6 Å². The maximum absolute atomic E-state index is 11.2. The Labute approximate surface area is 91.9 Å². The Hall–Kier alpha value is -2.17. The summed E-state index contributed by atoms with van der Waals surface area (Å²) in [5.41, 5.74) is 2.19. The summed E-state index contributed by atoms with van der Waals surface area (Å²) in [6.07, 6.45) is 1.24. The number of rotatable bonds is 2. The summed E-state index contributed by atoms with van der Waals surface area (Å²) < 4.78 is 5.76. The van der Waals surface area contributed by atoms with Gasteiger partial charge in [0.2, 0.25) is 11.9 Å². The van der Waals surface area contributed by atoms with E-state index in [1.165, 1.54) is 17.8 Å². The molecular formula is C11H10N2O3. The van der Waals surface area contributed by atoms with Crippen molar-refractivity contribution >= 4 is 5.78 Å². The lowest BCUT2D eigenvalue weighted by atomic mass is 10.1. The monoisotopic (exact) mass is 218 g/mol. The number of aromatic nitrogens is 2. The molecule has 16 heavy (non-hydrogen) atoms. The van der Waals surface area contributed by atoms with Gasteiger partial charge in [-0.2, -0.15) is 0 Å². The lowest BCUT2D eigenvalue weighted by Gasteiger charge is -2.00. The summed E-state index contributed by atoms with van der Waals surface area (Å²) in [4.78, 5) is 11.2. The average molecular weight is 218 g/mol. The molecule has 0 radical (unpaired) electrons. The van der Waals surface area contributed by atoms with Gasteiger partial charge in [0.05, 0.1) is 5.27 Å². The maximum Gasteiger partial charge on any atom is 0.239 e. The molecule has 2 rings (SSSR count). The van der Waals surface area contributed by atoms with Gasteiger partial charge in [0.1, 0.15) is 5.95 Å². The number of ketones is 1. The number of Topliss-reactive ketones (excluding diaryl/α,β-unsaturated/α-hetero) is 1. The molecule has 0 aliphatic rings. The van der Waals surface area contributed by atoms with Crippen LogP contribution >= 0.6 is 0 Å². The van der Waals surface area contributed by atoms with E-state index in [-0.39, 0.29) is 5.78 Å². The van der Waals surface area contributed by atoms with Gasteiger partial charge in [-0.3, -0.25) is 4.79 Å². The van der Waals surface area contributed by atoms with Crippen LogP contribution in [0.1, 0.15) is 22.8 Å². The first-order chi connectivity index (χ1) is 7.58. The molecule has 0 saturated carbocycles. The van der Waals surface area contributed by atoms with Crippen LogP contribution in [0.3, 0.4) is 0 Å². The van der Waals surface area contributed by atoms with Gasteiger partial charge in [0.25, 0.3) is 0 Å². The molecule has 0 atom stereocenters. The predicted molar refractivity (Wildman–Crippen MR) is 52.2 cm³/mol. The number of nitrogens with zero attached hydrogens (tertiary/aromatic N) is 2. The largest absolute Gasteiger partial charge is 0.539 e. The highest BCUT2D eigenvalue weighted by molar-refractivity contribution is 5.95. The molecule has 0 aliphatic carbocycles. The Morgan fingerprint density at radius 1 is 1.50 bits per heavy atom. The standard InChI is InChI=1S/C11H10N2O3/c1-7-5-9(3-4-10(7)8(2)14)13-6-11(15)16-12-13/h3-6H,1-2H3. The minimum Gasteiger partial charge on any atom is -0.539 e. The minimum absolute atomic E-state index is 0.0127. The van der Waals surface area contributed by atoms with Crippen LogP contribution in [-0.4, -0.2) is 11.1 Å². The number of hydrogen-bond acceptors (Lipinski definition) is 4. The average Bonchev–Trinajstić information content (AvgIpc) is 2.64. The van der Waals surface area contributed by atoms with Gasteiger partial charge in [-0.1, -0.05) is 0 Å². The molecule has 5 nitrogen and oxygen atoms in total. The molecule has 2 aromatic rings. The van der Waals surface area contributed by atoms with Crippen LogP contribution in [0, 0.1) is 6.92 Å². The Bertz CT molecular complexity index is 546. The number of carbonyl (C=O) groups excluding carboxylic acids is 1. The lowest BCUT2D eigenvalue weighted by Crippen LogP contribution is -2.31. The zero-order valence-corrected chi connectivity index (χ0v) is 8.93. The summed E-state index contributed by atoms with van der Waals surface area (Å²) in [5.74, 6) is -0.494. The van der Waals surface area contributed by atoms with Gasteiger partial charge in [0.15, 0.2) is 5.78 Å². The van der Waals surface area contributed by atoms with E-state index in [2.05, 4.69) is 9.79 Å². The second-order valence-electron chi connectivity index (χ2n) is 3.52. The summed E-state index contributed by atoms with van der Waals surface area (Å²) in [7, 11) is 0.